The SMILES string of the molecule is CCCCCCCCCc1n(-c2ccccc2)cc[n+]1CCCCCCCCC. The number of hydrogen-bond acceptors (Lipinski definition) is 0. The van der Waals surface area contributed by atoms with Gasteiger partial charge in [0.1, 0.15) is 18.1 Å². The molecule has 0 saturated carbocycles. The largest absolute Gasteiger partial charge is 0.261 e. The summed E-state index contributed by atoms with van der Waals surface area (Å²) in [5.41, 5.74) is 1.30. The van der Waals surface area contributed by atoms with Gasteiger partial charge in [-0.25, -0.2) is 4.57 Å². The van der Waals surface area contributed by atoms with E-state index in [2.05, 4.69) is 65.7 Å². The fourth-order valence-electron chi connectivity index (χ4n) is 4.23. The van der Waals surface area contributed by atoms with Crippen LogP contribution in [-0.2, 0) is 13.0 Å². The summed E-state index contributed by atoms with van der Waals surface area (Å²) < 4.78 is 4.94. The first-order valence-corrected chi connectivity index (χ1v) is 12.5. The summed E-state index contributed by atoms with van der Waals surface area (Å²) in [4.78, 5) is 0. The molecule has 2 aromatic rings. The second-order valence-corrected chi connectivity index (χ2v) is 8.61. The van der Waals surface area contributed by atoms with E-state index in [9.17, 15) is 0 Å². The highest BCUT2D eigenvalue weighted by atomic mass is 15.1. The van der Waals surface area contributed by atoms with E-state index in [0.717, 1.165) is 0 Å². The molecule has 2 heteroatoms. The van der Waals surface area contributed by atoms with Crippen LogP contribution in [0.3, 0.4) is 0 Å². The average molecular weight is 398 g/mol. The van der Waals surface area contributed by atoms with E-state index in [-0.39, 0.29) is 0 Å². The molecule has 162 valence electrons. The summed E-state index contributed by atoms with van der Waals surface area (Å²) in [6, 6.07) is 10.9. The van der Waals surface area contributed by atoms with E-state index in [1.807, 2.05) is 0 Å². The van der Waals surface area contributed by atoms with Gasteiger partial charge in [0.15, 0.2) is 0 Å². The number of benzene rings is 1. The number of nitrogens with zero attached hydrogens (tertiary/aromatic N) is 2. The molecule has 2 nitrogen and oxygen atoms in total. The van der Waals surface area contributed by atoms with E-state index in [1.54, 1.807) is 0 Å². The van der Waals surface area contributed by atoms with Gasteiger partial charge in [0, 0.05) is 6.42 Å². The Labute approximate surface area is 180 Å². The van der Waals surface area contributed by atoms with Crippen molar-refractivity contribution in [2.24, 2.45) is 0 Å². The smallest absolute Gasteiger partial charge is 0.234 e. The van der Waals surface area contributed by atoms with Gasteiger partial charge in [0.05, 0.1) is 6.54 Å². The van der Waals surface area contributed by atoms with E-state index >= 15 is 0 Å². The van der Waals surface area contributed by atoms with Crippen LogP contribution in [0.15, 0.2) is 42.7 Å². The normalized spacial score (nSPS) is 11.2. The van der Waals surface area contributed by atoms with Gasteiger partial charge in [-0.15, -0.1) is 0 Å². The van der Waals surface area contributed by atoms with Crippen LogP contribution in [0, 0.1) is 0 Å². The molecule has 0 radical (unpaired) electrons. The highest BCUT2D eigenvalue weighted by Crippen LogP contribution is 2.14. The molecule has 0 amide bonds. The van der Waals surface area contributed by atoms with Crippen molar-refractivity contribution >= 4 is 0 Å². The van der Waals surface area contributed by atoms with Crippen molar-refractivity contribution in [2.45, 2.75) is 117 Å². The van der Waals surface area contributed by atoms with Crippen molar-refractivity contribution in [2.75, 3.05) is 0 Å². The second-order valence-electron chi connectivity index (χ2n) is 8.61. The molecule has 0 spiro atoms. The lowest BCUT2D eigenvalue weighted by Gasteiger charge is -2.06. The van der Waals surface area contributed by atoms with Crippen molar-refractivity contribution in [3.8, 4) is 5.69 Å². The van der Waals surface area contributed by atoms with Crippen LogP contribution in [0.25, 0.3) is 5.69 Å². The molecule has 1 aromatic heterocycles. The van der Waals surface area contributed by atoms with Gasteiger partial charge in [0.25, 0.3) is 5.82 Å². The van der Waals surface area contributed by atoms with Crippen LogP contribution in [0.5, 0.6) is 0 Å². The summed E-state index contributed by atoms with van der Waals surface area (Å²) in [5, 5.41) is 0. The van der Waals surface area contributed by atoms with Gasteiger partial charge >= 0.3 is 0 Å². The standard InChI is InChI=1S/C27H45N2/c1-3-5-7-9-11-13-18-22-27-28(23-19-14-12-10-8-6-4-2)24-25-29(27)26-20-16-15-17-21-26/h15-17,20-21,24-25H,3-14,18-19,22-23H2,1-2H3/q+1. The maximum atomic E-state index is 2.52. The molecule has 0 N–H and O–H groups in total. The minimum Gasteiger partial charge on any atom is -0.234 e. The van der Waals surface area contributed by atoms with Crippen LogP contribution in [0.4, 0.5) is 0 Å². The third kappa shape index (κ3) is 9.19. The molecule has 1 heterocycles. The van der Waals surface area contributed by atoms with Crippen LogP contribution >= 0.6 is 0 Å². The number of imidazole rings is 1. The molecule has 0 aliphatic heterocycles. The Kier molecular flexibility index (Phi) is 12.5. The molecule has 0 fully saturated rings. The molecular formula is C27H45N2+. The zero-order valence-corrected chi connectivity index (χ0v) is 19.2. The van der Waals surface area contributed by atoms with Crippen LogP contribution < -0.4 is 4.57 Å². The minimum atomic E-state index is 1.17. The van der Waals surface area contributed by atoms with Gasteiger partial charge < -0.3 is 0 Å². The molecule has 0 unspecified atom stereocenters. The average Bonchev–Trinajstić information content (AvgIpc) is 3.16. The number of unbranched alkanes of at least 4 members (excludes halogenated alkanes) is 12. The van der Waals surface area contributed by atoms with Gasteiger partial charge in [-0.1, -0.05) is 103 Å². The number of rotatable bonds is 17. The topological polar surface area (TPSA) is 8.81 Å². The predicted octanol–water partition coefficient (Wildman–Crippen LogP) is 7.81. The Hall–Kier alpha value is -1.57. The van der Waals surface area contributed by atoms with E-state index in [0.29, 0.717) is 0 Å². The fourth-order valence-corrected chi connectivity index (χ4v) is 4.23. The van der Waals surface area contributed by atoms with Gasteiger partial charge in [-0.3, -0.25) is 0 Å². The summed E-state index contributed by atoms with van der Waals surface area (Å²) in [6.07, 6.45) is 25.0. The zero-order chi connectivity index (χ0) is 20.6. The van der Waals surface area contributed by atoms with Gasteiger partial charge in [0.2, 0.25) is 0 Å². The number of aryl methyl sites for hydroxylation is 1. The van der Waals surface area contributed by atoms with Gasteiger partial charge in [-0.2, -0.15) is 4.57 Å². The lowest BCUT2D eigenvalue weighted by Crippen LogP contribution is -2.37. The Balaban J connectivity index is 1.86. The first kappa shape index (κ1) is 23.7. The zero-order valence-electron chi connectivity index (χ0n) is 19.2. The maximum absolute atomic E-state index is 2.52. The summed E-state index contributed by atoms with van der Waals surface area (Å²) in [6.45, 7) is 5.75. The number of aromatic nitrogens is 2. The van der Waals surface area contributed by atoms with Crippen molar-refractivity contribution < 1.29 is 4.57 Å². The number of hydrogen-bond donors (Lipinski definition) is 0. The monoisotopic (exact) mass is 397 g/mol. The summed E-state index contributed by atoms with van der Waals surface area (Å²) in [5.74, 6) is 1.48. The van der Waals surface area contributed by atoms with Crippen LogP contribution in [-0.4, -0.2) is 4.57 Å². The molecule has 1 aromatic carbocycles. The highest BCUT2D eigenvalue weighted by Gasteiger charge is 2.18. The quantitative estimate of drug-likeness (QED) is 0.190. The van der Waals surface area contributed by atoms with Gasteiger partial charge in [-0.05, 0) is 31.4 Å². The summed E-state index contributed by atoms with van der Waals surface area (Å²) >= 11 is 0. The van der Waals surface area contributed by atoms with Crippen LogP contribution in [0.1, 0.15) is 110 Å². The lowest BCUT2D eigenvalue weighted by atomic mass is 10.1. The van der Waals surface area contributed by atoms with Crippen LogP contribution in [0.2, 0.25) is 0 Å². The minimum absolute atomic E-state index is 1.17. The lowest BCUT2D eigenvalue weighted by molar-refractivity contribution is -0.704. The predicted molar refractivity (Wildman–Crippen MR) is 126 cm³/mol. The highest BCUT2D eigenvalue weighted by molar-refractivity contribution is 5.31. The van der Waals surface area contributed by atoms with Crippen molar-refractivity contribution in [1.29, 1.82) is 0 Å². The first-order chi connectivity index (χ1) is 14.4. The third-order valence-corrected chi connectivity index (χ3v) is 6.05. The first-order valence-electron chi connectivity index (χ1n) is 12.5. The van der Waals surface area contributed by atoms with Crippen molar-refractivity contribution in [3.05, 3.63) is 48.5 Å². The maximum Gasteiger partial charge on any atom is 0.261 e. The molecule has 2 rings (SSSR count). The molecule has 0 bridgehead atoms. The third-order valence-electron chi connectivity index (χ3n) is 6.05. The number of para-hydroxylation sites is 1. The Morgan fingerprint density at radius 1 is 0.655 bits per heavy atom. The van der Waals surface area contributed by atoms with E-state index < -0.39 is 0 Å². The molecule has 0 atom stereocenters. The molecule has 0 saturated heterocycles. The van der Waals surface area contributed by atoms with E-state index in [4.69, 9.17) is 0 Å². The second kappa shape index (κ2) is 15.3. The Morgan fingerprint density at radius 3 is 1.83 bits per heavy atom. The molecule has 0 aliphatic rings. The Morgan fingerprint density at radius 2 is 1.21 bits per heavy atom. The molecule has 0 aliphatic carbocycles. The molecular weight excluding hydrogens is 352 g/mol. The molecule has 29 heavy (non-hydrogen) atoms. The van der Waals surface area contributed by atoms with E-state index in [1.165, 1.54) is 114 Å². The fraction of sp³-hybridized carbons (Fsp3) is 0.667. The van der Waals surface area contributed by atoms with Crippen molar-refractivity contribution in [1.82, 2.24) is 4.57 Å². The summed E-state index contributed by atoms with van der Waals surface area (Å²) in [7, 11) is 0. The Bertz CT molecular complexity index is 629. The van der Waals surface area contributed by atoms with Crippen molar-refractivity contribution in [3.63, 3.8) is 0 Å².